The van der Waals surface area contributed by atoms with Crippen molar-refractivity contribution in [2.45, 2.75) is 19.3 Å². The van der Waals surface area contributed by atoms with E-state index in [1.165, 1.54) is 5.56 Å². The van der Waals surface area contributed by atoms with Gasteiger partial charge in [-0.1, -0.05) is 52.3 Å². The summed E-state index contributed by atoms with van der Waals surface area (Å²) in [4.78, 5) is 12.6. The van der Waals surface area contributed by atoms with E-state index < -0.39 is 0 Å². The van der Waals surface area contributed by atoms with Crippen LogP contribution in [0.3, 0.4) is 0 Å². The summed E-state index contributed by atoms with van der Waals surface area (Å²) in [6, 6.07) is 16.0. The zero-order valence-corrected chi connectivity index (χ0v) is 12.7. The van der Waals surface area contributed by atoms with E-state index in [4.69, 9.17) is 0 Å². The number of ketones is 1. The molecule has 0 aliphatic heterocycles. The third kappa shape index (κ3) is 2.75. The molecule has 0 atom stereocenters. The number of fused-ring (bicyclic) bond motifs is 1. The Labute approximate surface area is 127 Å². The summed E-state index contributed by atoms with van der Waals surface area (Å²) in [6.45, 7) is 0. The summed E-state index contributed by atoms with van der Waals surface area (Å²) in [5.41, 5.74) is 4.04. The summed E-state index contributed by atoms with van der Waals surface area (Å²) in [6.07, 6.45) is 4.89. The standard InChI is InChI=1S/C18H15BrO/c19-16-10-8-13(9-11-16)12-15-6-3-5-14-4-1-2-7-17(14)18(15)20/h1-2,4,7-12H,3,5-6H2/b15-12-. The monoisotopic (exact) mass is 326 g/mol. The normalized spacial score (nSPS) is 16.9. The van der Waals surface area contributed by atoms with Gasteiger partial charge in [-0.3, -0.25) is 4.79 Å². The fourth-order valence-corrected chi connectivity index (χ4v) is 2.88. The van der Waals surface area contributed by atoms with Crippen molar-refractivity contribution in [1.29, 1.82) is 0 Å². The molecule has 0 spiro atoms. The van der Waals surface area contributed by atoms with Crippen LogP contribution in [0.15, 0.2) is 58.6 Å². The molecule has 0 unspecified atom stereocenters. The van der Waals surface area contributed by atoms with Crippen LogP contribution in [-0.4, -0.2) is 5.78 Å². The summed E-state index contributed by atoms with van der Waals surface area (Å²) in [7, 11) is 0. The van der Waals surface area contributed by atoms with Gasteiger partial charge in [0.05, 0.1) is 0 Å². The minimum atomic E-state index is 0.181. The van der Waals surface area contributed by atoms with Crippen LogP contribution in [0.25, 0.3) is 6.08 Å². The Balaban J connectivity index is 1.98. The maximum atomic E-state index is 12.6. The van der Waals surface area contributed by atoms with E-state index in [0.717, 1.165) is 40.4 Å². The molecule has 1 aliphatic rings. The van der Waals surface area contributed by atoms with Gasteiger partial charge in [0.2, 0.25) is 0 Å². The number of carbonyl (C=O) groups is 1. The largest absolute Gasteiger partial charge is 0.289 e. The van der Waals surface area contributed by atoms with Gasteiger partial charge in [0.1, 0.15) is 0 Å². The van der Waals surface area contributed by atoms with E-state index in [1.54, 1.807) is 0 Å². The first-order valence-corrected chi connectivity index (χ1v) is 7.62. The van der Waals surface area contributed by atoms with E-state index in [9.17, 15) is 4.79 Å². The van der Waals surface area contributed by atoms with Crippen molar-refractivity contribution < 1.29 is 4.79 Å². The second-order valence-corrected chi connectivity index (χ2v) is 5.98. The lowest BCUT2D eigenvalue weighted by atomic mass is 9.98. The zero-order valence-electron chi connectivity index (χ0n) is 11.1. The molecule has 1 nitrogen and oxygen atoms in total. The van der Waals surface area contributed by atoms with Gasteiger partial charge in [-0.25, -0.2) is 0 Å². The molecule has 0 N–H and O–H groups in total. The Bertz CT molecular complexity index is 668. The van der Waals surface area contributed by atoms with Crippen LogP contribution < -0.4 is 0 Å². The van der Waals surface area contributed by atoms with E-state index >= 15 is 0 Å². The van der Waals surface area contributed by atoms with E-state index in [-0.39, 0.29) is 5.78 Å². The average Bonchev–Trinajstić information content (AvgIpc) is 2.62. The lowest BCUT2D eigenvalue weighted by molar-refractivity contribution is 0.103. The summed E-state index contributed by atoms with van der Waals surface area (Å²) >= 11 is 3.43. The number of halogens is 1. The number of allylic oxidation sites excluding steroid dienone is 1. The highest BCUT2D eigenvalue weighted by Crippen LogP contribution is 2.26. The number of rotatable bonds is 1. The molecule has 100 valence electrons. The van der Waals surface area contributed by atoms with Crippen molar-refractivity contribution in [1.82, 2.24) is 0 Å². The van der Waals surface area contributed by atoms with Crippen molar-refractivity contribution in [3.63, 3.8) is 0 Å². The van der Waals surface area contributed by atoms with Gasteiger partial charge in [0, 0.05) is 15.6 Å². The second-order valence-electron chi connectivity index (χ2n) is 5.06. The molecule has 2 aromatic rings. The molecule has 0 aromatic heterocycles. The van der Waals surface area contributed by atoms with E-state index in [0.29, 0.717) is 0 Å². The zero-order chi connectivity index (χ0) is 13.9. The molecular weight excluding hydrogens is 312 g/mol. The molecular formula is C18H15BrO. The lowest BCUT2D eigenvalue weighted by Gasteiger charge is -2.05. The number of hydrogen-bond acceptors (Lipinski definition) is 1. The topological polar surface area (TPSA) is 17.1 Å². The first kappa shape index (κ1) is 13.3. The van der Waals surface area contributed by atoms with Gasteiger partial charge in [0.15, 0.2) is 5.78 Å². The minimum absolute atomic E-state index is 0.181. The Kier molecular flexibility index (Phi) is 3.83. The summed E-state index contributed by atoms with van der Waals surface area (Å²) in [5, 5.41) is 0. The van der Waals surface area contributed by atoms with Crippen LogP contribution >= 0.6 is 15.9 Å². The number of benzene rings is 2. The summed E-state index contributed by atoms with van der Waals surface area (Å²) < 4.78 is 1.05. The number of hydrogen-bond donors (Lipinski definition) is 0. The molecule has 0 amide bonds. The SMILES string of the molecule is O=C1/C(=C\c2ccc(Br)cc2)CCCc2ccccc21. The Morgan fingerprint density at radius 3 is 2.50 bits per heavy atom. The predicted molar refractivity (Wildman–Crippen MR) is 85.8 cm³/mol. The maximum absolute atomic E-state index is 12.6. The van der Waals surface area contributed by atoms with Crippen molar-refractivity contribution >= 4 is 27.8 Å². The van der Waals surface area contributed by atoms with Crippen LogP contribution in [0.2, 0.25) is 0 Å². The molecule has 0 bridgehead atoms. The Hall–Kier alpha value is -1.67. The molecule has 0 fully saturated rings. The van der Waals surface area contributed by atoms with Crippen LogP contribution in [0, 0.1) is 0 Å². The highest BCUT2D eigenvalue weighted by molar-refractivity contribution is 9.10. The minimum Gasteiger partial charge on any atom is -0.289 e. The predicted octanol–water partition coefficient (Wildman–Crippen LogP) is 5.05. The molecule has 0 radical (unpaired) electrons. The molecule has 20 heavy (non-hydrogen) atoms. The third-order valence-electron chi connectivity index (χ3n) is 3.66. The number of Topliss-reactive ketones (excluding diaryl/α,β-unsaturated/α-hetero) is 1. The second kappa shape index (κ2) is 5.76. The number of carbonyl (C=O) groups excluding carboxylic acids is 1. The van der Waals surface area contributed by atoms with Gasteiger partial charge in [-0.2, -0.15) is 0 Å². The van der Waals surface area contributed by atoms with E-state index in [1.807, 2.05) is 48.5 Å². The van der Waals surface area contributed by atoms with Crippen molar-refractivity contribution in [2.24, 2.45) is 0 Å². The van der Waals surface area contributed by atoms with Crippen LogP contribution in [0.4, 0.5) is 0 Å². The molecule has 3 rings (SSSR count). The fraction of sp³-hybridized carbons (Fsp3) is 0.167. The van der Waals surface area contributed by atoms with Crippen LogP contribution in [0.5, 0.6) is 0 Å². The molecule has 0 saturated heterocycles. The highest BCUT2D eigenvalue weighted by atomic mass is 79.9. The van der Waals surface area contributed by atoms with Crippen molar-refractivity contribution in [3.05, 3.63) is 75.3 Å². The molecule has 0 heterocycles. The Morgan fingerprint density at radius 1 is 0.950 bits per heavy atom. The van der Waals surface area contributed by atoms with Crippen LogP contribution in [-0.2, 0) is 6.42 Å². The lowest BCUT2D eigenvalue weighted by Crippen LogP contribution is -2.03. The van der Waals surface area contributed by atoms with Crippen molar-refractivity contribution in [2.75, 3.05) is 0 Å². The molecule has 1 aliphatic carbocycles. The maximum Gasteiger partial charge on any atom is 0.189 e. The third-order valence-corrected chi connectivity index (χ3v) is 4.19. The van der Waals surface area contributed by atoms with Gasteiger partial charge >= 0.3 is 0 Å². The first-order valence-electron chi connectivity index (χ1n) is 6.83. The smallest absolute Gasteiger partial charge is 0.189 e. The fourth-order valence-electron chi connectivity index (χ4n) is 2.61. The summed E-state index contributed by atoms with van der Waals surface area (Å²) in [5.74, 6) is 0.181. The first-order chi connectivity index (χ1) is 9.74. The van der Waals surface area contributed by atoms with Gasteiger partial charge < -0.3 is 0 Å². The highest BCUT2D eigenvalue weighted by Gasteiger charge is 2.19. The van der Waals surface area contributed by atoms with Crippen molar-refractivity contribution in [3.8, 4) is 0 Å². The molecule has 0 saturated carbocycles. The number of aryl methyl sites for hydroxylation is 1. The average molecular weight is 327 g/mol. The van der Waals surface area contributed by atoms with Gasteiger partial charge in [0.25, 0.3) is 0 Å². The van der Waals surface area contributed by atoms with Gasteiger partial charge in [-0.05, 0) is 48.6 Å². The quantitative estimate of drug-likeness (QED) is 0.529. The molecule has 2 aromatic carbocycles. The van der Waals surface area contributed by atoms with E-state index in [2.05, 4.69) is 22.0 Å². The van der Waals surface area contributed by atoms with Crippen LogP contribution in [0.1, 0.15) is 34.3 Å². The van der Waals surface area contributed by atoms with Gasteiger partial charge in [-0.15, -0.1) is 0 Å². The Morgan fingerprint density at radius 2 is 1.70 bits per heavy atom. The molecule has 2 heteroatoms.